The number of aryl methyl sites for hydroxylation is 1. The number of nitrogen functional groups attached to an aromatic ring is 1. The third-order valence-electron chi connectivity index (χ3n) is 4.31. The van der Waals surface area contributed by atoms with Crippen molar-refractivity contribution in [2.24, 2.45) is 0 Å². The molecule has 1 aliphatic carbocycles. The molecule has 5 nitrogen and oxygen atoms in total. The topological polar surface area (TPSA) is 84.7 Å². The molecule has 0 saturated carbocycles. The Labute approximate surface area is 131 Å². The molecule has 0 bridgehead atoms. The molecule has 0 aliphatic heterocycles. The molecule has 6 heteroatoms. The van der Waals surface area contributed by atoms with Crippen molar-refractivity contribution in [1.29, 1.82) is 0 Å². The van der Waals surface area contributed by atoms with Crippen LogP contribution in [-0.2, 0) is 11.8 Å². The number of H-pyrrole nitrogens is 1. The van der Waals surface area contributed by atoms with Crippen LogP contribution in [0.1, 0.15) is 32.9 Å². The van der Waals surface area contributed by atoms with Gasteiger partial charge < -0.3 is 5.73 Å². The minimum atomic E-state index is -0.779. The number of nitrogens with zero attached hydrogens (tertiary/aromatic N) is 2. The van der Waals surface area contributed by atoms with Gasteiger partial charge in [-0.3, -0.25) is 9.89 Å². The fraction of sp³-hybridized carbons (Fsp3) is 0.188. The van der Waals surface area contributed by atoms with Crippen molar-refractivity contribution < 1.29 is 4.79 Å². The largest absolute Gasteiger partial charge is 0.391 e. The Morgan fingerprint density at radius 2 is 2.09 bits per heavy atom. The fourth-order valence-electron chi connectivity index (χ4n) is 3.26. The lowest BCUT2D eigenvalue weighted by molar-refractivity contribution is 0.0895. The molecule has 1 atom stereocenters. The van der Waals surface area contributed by atoms with Gasteiger partial charge in [0, 0.05) is 6.20 Å². The molecule has 1 aliphatic rings. The second kappa shape index (κ2) is 4.78. The summed E-state index contributed by atoms with van der Waals surface area (Å²) in [6, 6.07) is 11.7. The highest BCUT2D eigenvalue weighted by Crippen LogP contribution is 2.45. The fourth-order valence-corrected chi connectivity index (χ4v) is 4.25. The Balaban J connectivity index is 1.96. The van der Waals surface area contributed by atoms with Gasteiger partial charge in [-0.1, -0.05) is 35.5 Å². The summed E-state index contributed by atoms with van der Waals surface area (Å²) >= 11 is 1.36. The standard InChI is InChI=1S/C16H14N4OS/c17-13-8-10-6-7-16(12-9-18-20-19-12,15(21)14(10)22-13)11-4-2-1-3-5-11/h1-5,8-9H,6-7,17H2,(H,18,19,20). The normalized spacial score (nSPS) is 20.8. The number of anilines is 1. The predicted octanol–water partition coefficient (Wildman–Crippen LogP) is 2.56. The van der Waals surface area contributed by atoms with E-state index in [4.69, 9.17) is 5.73 Å². The average Bonchev–Trinajstić information content (AvgIpc) is 3.18. The van der Waals surface area contributed by atoms with Crippen molar-refractivity contribution in [2.75, 3.05) is 5.73 Å². The van der Waals surface area contributed by atoms with E-state index in [1.165, 1.54) is 11.3 Å². The Hall–Kier alpha value is -2.47. The maximum atomic E-state index is 13.3. The Morgan fingerprint density at radius 1 is 1.27 bits per heavy atom. The molecule has 0 saturated heterocycles. The first-order valence-corrected chi connectivity index (χ1v) is 7.89. The first-order chi connectivity index (χ1) is 10.7. The van der Waals surface area contributed by atoms with E-state index in [2.05, 4.69) is 15.4 Å². The summed E-state index contributed by atoms with van der Waals surface area (Å²) in [6.45, 7) is 0. The number of fused-ring (bicyclic) bond motifs is 1. The average molecular weight is 310 g/mol. The molecule has 2 aromatic heterocycles. The smallest absolute Gasteiger partial charge is 0.189 e. The van der Waals surface area contributed by atoms with Crippen molar-refractivity contribution in [2.45, 2.75) is 18.3 Å². The lowest BCUT2D eigenvalue weighted by Crippen LogP contribution is -2.41. The number of carbonyl (C=O) groups is 1. The zero-order chi connectivity index (χ0) is 15.2. The number of carbonyl (C=O) groups excluding carboxylic acids is 1. The van der Waals surface area contributed by atoms with Gasteiger partial charge in [0.1, 0.15) is 11.1 Å². The summed E-state index contributed by atoms with van der Waals surface area (Å²) < 4.78 is 0. The zero-order valence-corrected chi connectivity index (χ0v) is 12.6. The second-order valence-electron chi connectivity index (χ2n) is 5.46. The molecule has 0 fully saturated rings. The molecule has 4 rings (SSSR count). The Morgan fingerprint density at radius 3 is 2.82 bits per heavy atom. The number of aromatic amines is 1. The van der Waals surface area contributed by atoms with E-state index in [1.54, 1.807) is 6.20 Å². The van der Waals surface area contributed by atoms with E-state index < -0.39 is 5.41 Å². The number of rotatable bonds is 2. The first kappa shape index (κ1) is 13.2. The van der Waals surface area contributed by atoms with Gasteiger partial charge in [0.25, 0.3) is 0 Å². The van der Waals surface area contributed by atoms with Crippen LogP contribution in [0.5, 0.6) is 0 Å². The lowest BCUT2D eigenvalue weighted by atomic mass is 9.67. The van der Waals surface area contributed by atoms with Crippen LogP contribution in [0.15, 0.2) is 42.6 Å². The van der Waals surface area contributed by atoms with E-state index in [-0.39, 0.29) is 5.78 Å². The number of ketones is 1. The van der Waals surface area contributed by atoms with Gasteiger partial charge in [-0.15, -0.1) is 16.4 Å². The van der Waals surface area contributed by atoms with Gasteiger partial charge in [-0.25, -0.2) is 0 Å². The minimum absolute atomic E-state index is 0.0653. The molecular formula is C16H14N4OS. The summed E-state index contributed by atoms with van der Waals surface area (Å²) in [5.74, 6) is 0.0653. The van der Waals surface area contributed by atoms with Gasteiger partial charge >= 0.3 is 0 Å². The highest BCUT2D eigenvalue weighted by molar-refractivity contribution is 7.18. The van der Waals surface area contributed by atoms with Crippen molar-refractivity contribution >= 4 is 22.1 Å². The van der Waals surface area contributed by atoms with Crippen LogP contribution < -0.4 is 5.73 Å². The minimum Gasteiger partial charge on any atom is -0.391 e. The van der Waals surface area contributed by atoms with Gasteiger partial charge in [0.05, 0.1) is 9.88 Å². The zero-order valence-electron chi connectivity index (χ0n) is 11.7. The van der Waals surface area contributed by atoms with Crippen LogP contribution in [0.4, 0.5) is 5.00 Å². The maximum Gasteiger partial charge on any atom is 0.189 e. The van der Waals surface area contributed by atoms with Gasteiger partial charge in [0.15, 0.2) is 5.78 Å². The molecule has 110 valence electrons. The van der Waals surface area contributed by atoms with Crippen LogP contribution in [0.2, 0.25) is 0 Å². The van der Waals surface area contributed by atoms with Crippen molar-refractivity contribution in [1.82, 2.24) is 15.4 Å². The van der Waals surface area contributed by atoms with E-state index in [0.29, 0.717) is 17.1 Å². The molecule has 3 N–H and O–H groups in total. The number of hydrogen-bond donors (Lipinski definition) is 2. The van der Waals surface area contributed by atoms with Crippen molar-refractivity contribution in [3.63, 3.8) is 0 Å². The van der Waals surface area contributed by atoms with E-state index in [9.17, 15) is 4.79 Å². The number of hydrogen-bond acceptors (Lipinski definition) is 5. The second-order valence-corrected chi connectivity index (χ2v) is 6.55. The third-order valence-corrected chi connectivity index (χ3v) is 5.32. The van der Waals surface area contributed by atoms with Crippen LogP contribution in [0.25, 0.3) is 0 Å². The highest BCUT2D eigenvalue weighted by Gasteiger charge is 2.48. The maximum absolute atomic E-state index is 13.3. The van der Waals surface area contributed by atoms with Crippen molar-refractivity contribution in [3.8, 4) is 0 Å². The van der Waals surface area contributed by atoms with E-state index in [0.717, 1.165) is 22.4 Å². The quantitative estimate of drug-likeness (QED) is 0.762. The summed E-state index contributed by atoms with van der Waals surface area (Å²) in [7, 11) is 0. The molecule has 1 unspecified atom stereocenters. The van der Waals surface area contributed by atoms with Crippen LogP contribution in [0.3, 0.4) is 0 Å². The number of aromatic nitrogens is 3. The SMILES string of the molecule is Nc1cc2c(s1)C(=O)C(c1ccccc1)(c1c[nH]nn1)CC2. The summed E-state index contributed by atoms with van der Waals surface area (Å²) in [4.78, 5) is 14.1. The van der Waals surface area contributed by atoms with Gasteiger partial charge in [-0.2, -0.15) is 0 Å². The monoisotopic (exact) mass is 310 g/mol. The molecule has 3 aromatic rings. The molecule has 2 heterocycles. The van der Waals surface area contributed by atoms with Crippen molar-refractivity contribution in [3.05, 3.63) is 64.3 Å². The molecule has 0 amide bonds. The third kappa shape index (κ3) is 1.74. The number of nitrogens with one attached hydrogen (secondary N) is 1. The Bertz CT molecular complexity index is 825. The molecular weight excluding hydrogens is 296 g/mol. The number of Topliss-reactive ketones (excluding diaryl/α,β-unsaturated/α-hetero) is 1. The van der Waals surface area contributed by atoms with Gasteiger partial charge in [-0.05, 0) is 30.0 Å². The van der Waals surface area contributed by atoms with Gasteiger partial charge in [0.2, 0.25) is 0 Å². The Kier molecular flexibility index (Phi) is 2.87. The number of thiophene rings is 1. The summed E-state index contributed by atoms with van der Waals surface area (Å²) in [5, 5.41) is 11.4. The van der Waals surface area contributed by atoms with Crippen LogP contribution >= 0.6 is 11.3 Å². The molecule has 22 heavy (non-hydrogen) atoms. The molecule has 0 spiro atoms. The van der Waals surface area contributed by atoms with Crippen LogP contribution in [0, 0.1) is 0 Å². The highest BCUT2D eigenvalue weighted by atomic mass is 32.1. The number of benzene rings is 1. The van der Waals surface area contributed by atoms with E-state index >= 15 is 0 Å². The summed E-state index contributed by atoms with van der Waals surface area (Å²) in [6.07, 6.45) is 3.19. The van der Waals surface area contributed by atoms with E-state index in [1.807, 2.05) is 36.4 Å². The summed E-state index contributed by atoms with van der Waals surface area (Å²) in [5.41, 5.74) is 7.78. The first-order valence-electron chi connectivity index (χ1n) is 7.07. The number of nitrogens with two attached hydrogens (primary N) is 1. The molecule has 0 radical (unpaired) electrons. The molecule has 1 aromatic carbocycles. The predicted molar refractivity (Wildman–Crippen MR) is 85.0 cm³/mol. The van der Waals surface area contributed by atoms with Crippen LogP contribution in [-0.4, -0.2) is 21.2 Å². The lowest BCUT2D eigenvalue weighted by Gasteiger charge is -2.34.